The molecule has 0 spiro atoms. The number of aromatic nitrogens is 1. The summed E-state index contributed by atoms with van der Waals surface area (Å²) < 4.78 is 0. The Kier molecular flexibility index (Phi) is 4.91. The number of piperidine rings is 1. The molecule has 2 aliphatic heterocycles. The molecule has 0 saturated carbocycles. The zero-order chi connectivity index (χ0) is 18.0. The van der Waals surface area contributed by atoms with Crippen LogP contribution >= 0.6 is 0 Å². The molecule has 0 atom stereocenters. The van der Waals surface area contributed by atoms with E-state index in [2.05, 4.69) is 11.9 Å². The van der Waals surface area contributed by atoms with Gasteiger partial charge in [0.1, 0.15) is 5.82 Å². The summed E-state index contributed by atoms with van der Waals surface area (Å²) in [5, 5.41) is 20.4. The number of piperazine rings is 1. The lowest BCUT2D eigenvalue weighted by Crippen LogP contribution is -2.48. The summed E-state index contributed by atoms with van der Waals surface area (Å²) >= 11 is 0. The maximum atomic E-state index is 11.4. The Bertz CT molecular complexity index is 652. The van der Waals surface area contributed by atoms with Crippen molar-refractivity contribution in [2.24, 2.45) is 5.92 Å². The lowest BCUT2D eigenvalue weighted by Gasteiger charge is -2.35. The molecule has 2 saturated heterocycles. The summed E-state index contributed by atoms with van der Waals surface area (Å²) in [6.45, 7) is 5.62. The zero-order valence-corrected chi connectivity index (χ0v) is 14.3. The summed E-state index contributed by atoms with van der Waals surface area (Å²) in [7, 11) is 0. The number of hydrogen-bond acceptors (Lipinski definition) is 6. The molecular weight excluding hydrogens is 326 g/mol. The summed E-state index contributed by atoms with van der Waals surface area (Å²) in [4.78, 5) is 32.0. The van der Waals surface area contributed by atoms with Gasteiger partial charge in [-0.25, -0.2) is 9.78 Å². The molecule has 0 bridgehead atoms. The average molecular weight is 349 g/mol. The van der Waals surface area contributed by atoms with Crippen molar-refractivity contribution in [3.8, 4) is 0 Å². The van der Waals surface area contributed by atoms with Crippen LogP contribution < -0.4 is 9.80 Å². The highest BCUT2D eigenvalue weighted by Gasteiger charge is 2.27. The summed E-state index contributed by atoms with van der Waals surface area (Å²) in [5.41, 5.74) is 0.0301. The number of amides is 1. The van der Waals surface area contributed by atoms with Gasteiger partial charge in [0.25, 0.3) is 0 Å². The minimum absolute atomic E-state index is 0.0301. The molecule has 2 aliphatic rings. The quantitative estimate of drug-likeness (QED) is 0.658. The molecule has 136 valence electrons. The normalized spacial score (nSPS) is 19.2. The third-order valence-electron chi connectivity index (χ3n) is 4.99. The number of hydrogen-bond donors (Lipinski definition) is 1. The molecule has 9 nitrogen and oxygen atoms in total. The Morgan fingerprint density at radius 3 is 2.36 bits per heavy atom. The van der Waals surface area contributed by atoms with Crippen molar-refractivity contribution in [2.45, 2.75) is 19.8 Å². The zero-order valence-electron chi connectivity index (χ0n) is 14.3. The Morgan fingerprint density at radius 1 is 1.16 bits per heavy atom. The van der Waals surface area contributed by atoms with Crippen molar-refractivity contribution >= 4 is 23.4 Å². The van der Waals surface area contributed by atoms with Gasteiger partial charge in [0, 0.05) is 45.3 Å². The molecule has 0 aromatic carbocycles. The van der Waals surface area contributed by atoms with Crippen LogP contribution in [0, 0.1) is 16.0 Å². The number of pyridine rings is 1. The van der Waals surface area contributed by atoms with Crippen LogP contribution in [0.25, 0.3) is 0 Å². The van der Waals surface area contributed by atoms with E-state index in [1.165, 1.54) is 11.0 Å². The fraction of sp³-hybridized carbons (Fsp3) is 0.625. The highest BCUT2D eigenvalue weighted by molar-refractivity contribution is 5.66. The van der Waals surface area contributed by atoms with E-state index in [4.69, 9.17) is 5.11 Å². The Labute approximate surface area is 146 Å². The van der Waals surface area contributed by atoms with Gasteiger partial charge in [0.15, 0.2) is 0 Å². The summed E-state index contributed by atoms with van der Waals surface area (Å²) in [6.07, 6.45) is 1.08. The van der Waals surface area contributed by atoms with E-state index in [0.29, 0.717) is 43.7 Å². The standard InChI is InChI=1S/C16H23N5O4/c1-12-4-6-19(7-5-12)15-13(21(24)25)2-3-14(17-15)18-8-10-20(11-9-18)16(22)23/h2-3,12H,4-11H2,1H3,(H,22,23). The second-order valence-corrected chi connectivity index (χ2v) is 6.70. The molecule has 25 heavy (non-hydrogen) atoms. The summed E-state index contributed by atoms with van der Waals surface area (Å²) in [5.74, 6) is 1.72. The van der Waals surface area contributed by atoms with Gasteiger partial charge >= 0.3 is 11.8 Å². The number of rotatable bonds is 3. The minimum atomic E-state index is -0.917. The van der Waals surface area contributed by atoms with Crippen molar-refractivity contribution < 1.29 is 14.8 Å². The molecular formula is C16H23N5O4. The van der Waals surface area contributed by atoms with Crippen LogP contribution in [-0.4, -0.2) is 65.3 Å². The van der Waals surface area contributed by atoms with Gasteiger partial charge in [0.05, 0.1) is 4.92 Å². The summed E-state index contributed by atoms with van der Waals surface area (Å²) in [6, 6.07) is 3.17. The van der Waals surface area contributed by atoms with Crippen molar-refractivity contribution in [3.63, 3.8) is 0 Å². The first-order valence-electron chi connectivity index (χ1n) is 8.59. The highest BCUT2D eigenvalue weighted by Crippen LogP contribution is 2.32. The smallest absolute Gasteiger partial charge is 0.407 e. The predicted molar refractivity (Wildman–Crippen MR) is 93.3 cm³/mol. The van der Waals surface area contributed by atoms with E-state index in [-0.39, 0.29) is 10.6 Å². The van der Waals surface area contributed by atoms with Crippen molar-refractivity contribution in [1.29, 1.82) is 0 Å². The van der Waals surface area contributed by atoms with E-state index >= 15 is 0 Å². The second-order valence-electron chi connectivity index (χ2n) is 6.70. The maximum Gasteiger partial charge on any atom is 0.407 e. The monoisotopic (exact) mass is 349 g/mol. The number of nitrogens with zero attached hydrogens (tertiary/aromatic N) is 5. The van der Waals surface area contributed by atoms with Gasteiger partial charge in [-0.2, -0.15) is 0 Å². The van der Waals surface area contributed by atoms with Gasteiger partial charge in [-0.3, -0.25) is 10.1 Å². The first kappa shape index (κ1) is 17.2. The minimum Gasteiger partial charge on any atom is -0.465 e. The van der Waals surface area contributed by atoms with Gasteiger partial charge in [0.2, 0.25) is 5.82 Å². The first-order chi connectivity index (χ1) is 12.0. The molecule has 9 heteroatoms. The van der Waals surface area contributed by atoms with E-state index < -0.39 is 6.09 Å². The number of carbonyl (C=O) groups is 1. The molecule has 3 rings (SSSR count). The van der Waals surface area contributed by atoms with Gasteiger partial charge in [-0.15, -0.1) is 0 Å². The van der Waals surface area contributed by atoms with Crippen LogP contribution in [-0.2, 0) is 0 Å². The topological polar surface area (TPSA) is 103 Å². The maximum absolute atomic E-state index is 11.4. The molecule has 1 aromatic heterocycles. The molecule has 1 N–H and O–H groups in total. The lowest BCUT2D eigenvalue weighted by atomic mass is 9.99. The van der Waals surface area contributed by atoms with Gasteiger partial charge in [-0.1, -0.05) is 6.92 Å². The predicted octanol–water partition coefficient (Wildman–Crippen LogP) is 2.03. The number of carboxylic acid groups (broad SMARTS) is 1. The van der Waals surface area contributed by atoms with Crippen molar-refractivity contribution in [2.75, 3.05) is 49.1 Å². The third-order valence-corrected chi connectivity index (χ3v) is 4.99. The van der Waals surface area contributed by atoms with E-state index in [9.17, 15) is 14.9 Å². The van der Waals surface area contributed by atoms with E-state index in [1.807, 2.05) is 9.80 Å². The van der Waals surface area contributed by atoms with Crippen LogP contribution in [0.3, 0.4) is 0 Å². The molecule has 0 radical (unpaired) electrons. The number of anilines is 2. The third kappa shape index (κ3) is 3.75. The van der Waals surface area contributed by atoms with Crippen molar-refractivity contribution in [3.05, 3.63) is 22.2 Å². The van der Waals surface area contributed by atoms with E-state index in [0.717, 1.165) is 25.9 Å². The molecule has 0 aliphatic carbocycles. The van der Waals surface area contributed by atoms with Crippen LogP contribution in [0.5, 0.6) is 0 Å². The fourth-order valence-corrected chi connectivity index (χ4v) is 3.33. The molecule has 1 aromatic rings. The molecule has 3 heterocycles. The average Bonchev–Trinajstić information content (AvgIpc) is 2.62. The number of nitro groups is 1. The van der Waals surface area contributed by atoms with Crippen molar-refractivity contribution in [1.82, 2.24) is 9.88 Å². The second kappa shape index (κ2) is 7.12. The Balaban J connectivity index is 1.81. The van der Waals surface area contributed by atoms with Crippen LogP contribution in [0.2, 0.25) is 0 Å². The molecule has 0 unspecified atom stereocenters. The van der Waals surface area contributed by atoms with Crippen LogP contribution in [0.4, 0.5) is 22.1 Å². The SMILES string of the molecule is CC1CCN(c2nc(N3CCN(C(=O)O)CC3)ccc2[N+](=O)[O-])CC1. The Morgan fingerprint density at radius 2 is 1.80 bits per heavy atom. The first-order valence-corrected chi connectivity index (χ1v) is 8.59. The highest BCUT2D eigenvalue weighted by atomic mass is 16.6. The van der Waals surface area contributed by atoms with Crippen LogP contribution in [0.15, 0.2) is 12.1 Å². The van der Waals surface area contributed by atoms with E-state index in [1.54, 1.807) is 6.07 Å². The largest absolute Gasteiger partial charge is 0.465 e. The van der Waals surface area contributed by atoms with Crippen LogP contribution in [0.1, 0.15) is 19.8 Å². The fourth-order valence-electron chi connectivity index (χ4n) is 3.33. The molecule has 1 amide bonds. The molecule has 2 fully saturated rings. The lowest BCUT2D eigenvalue weighted by molar-refractivity contribution is -0.384. The van der Waals surface area contributed by atoms with Gasteiger partial charge < -0.3 is 19.8 Å². The Hall–Kier alpha value is -2.58. The van der Waals surface area contributed by atoms with Gasteiger partial charge in [-0.05, 0) is 24.8 Å².